The average molecular weight is 549 g/mol. The Morgan fingerprint density at radius 2 is 1.92 bits per heavy atom. The first-order valence-electron chi connectivity index (χ1n) is 12.8. The molecule has 39 heavy (non-hydrogen) atoms. The number of halogens is 4. The topological polar surface area (TPSA) is 128 Å². The lowest BCUT2D eigenvalue weighted by Crippen LogP contribution is -2.36. The van der Waals surface area contributed by atoms with E-state index in [4.69, 9.17) is 16.5 Å². The smallest absolute Gasteiger partial charge is 0.383 e. The molecule has 0 saturated carbocycles. The molecule has 1 aliphatic heterocycles. The molecule has 1 fully saturated rings. The normalized spacial score (nSPS) is 14.8. The molecule has 0 bridgehead atoms. The van der Waals surface area contributed by atoms with Crippen LogP contribution in [0.5, 0.6) is 0 Å². The first-order chi connectivity index (χ1) is 18.5. The first-order valence-corrected chi connectivity index (χ1v) is 12.8. The zero-order valence-electron chi connectivity index (χ0n) is 21.8. The second-order valence-electron chi connectivity index (χ2n) is 10.1. The van der Waals surface area contributed by atoms with E-state index in [1.165, 1.54) is 12.4 Å². The quantitative estimate of drug-likeness (QED) is 0.274. The predicted octanol–water partition coefficient (Wildman–Crippen LogP) is 3.81. The highest BCUT2D eigenvalue weighted by Gasteiger charge is 2.35. The maximum absolute atomic E-state index is 13.9. The van der Waals surface area contributed by atoms with Crippen molar-refractivity contribution in [1.29, 1.82) is 0 Å². The van der Waals surface area contributed by atoms with Gasteiger partial charge in [-0.15, -0.1) is 0 Å². The van der Waals surface area contributed by atoms with Crippen molar-refractivity contribution in [1.82, 2.24) is 24.8 Å². The van der Waals surface area contributed by atoms with Crippen molar-refractivity contribution in [3.8, 4) is 11.3 Å². The van der Waals surface area contributed by atoms with Gasteiger partial charge in [-0.2, -0.15) is 13.2 Å². The summed E-state index contributed by atoms with van der Waals surface area (Å²) in [6.45, 7) is 7.31. The Balaban J connectivity index is 1.60. The van der Waals surface area contributed by atoms with Crippen LogP contribution in [-0.4, -0.2) is 51.6 Å². The van der Waals surface area contributed by atoms with Gasteiger partial charge >= 0.3 is 6.18 Å². The number of hydrogen-bond acceptors (Lipinski definition) is 7. The number of piperidine rings is 1. The molecule has 1 saturated heterocycles. The van der Waals surface area contributed by atoms with Crippen LogP contribution in [0.3, 0.4) is 0 Å². The molecule has 0 aliphatic carbocycles. The number of alkyl halides is 3. The lowest BCUT2D eigenvalue weighted by molar-refractivity contribution is -0.139. The highest BCUT2D eigenvalue weighted by atomic mass is 19.4. The fraction of sp³-hybridized carbons (Fsp3) is 0.462. The third-order valence-electron chi connectivity index (χ3n) is 6.72. The molecule has 1 aromatic carbocycles. The van der Waals surface area contributed by atoms with Gasteiger partial charge in [0.2, 0.25) is 0 Å². The second kappa shape index (κ2) is 11.6. The Morgan fingerprint density at radius 3 is 2.56 bits per heavy atom. The number of nitrogens with one attached hydrogen (secondary N) is 1. The molecule has 3 aromatic rings. The molecule has 1 aliphatic rings. The van der Waals surface area contributed by atoms with Crippen LogP contribution < -0.4 is 21.7 Å². The summed E-state index contributed by atoms with van der Waals surface area (Å²) < 4.78 is 55.9. The summed E-state index contributed by atoms with van der Waals surface area (Å²) in [6, 6.07) is 2.94. The van der Waals surface area contributed by atoms with Crippen molar-refractivity contribution in [2.45, 2.75) is 45.3 Å². The monoisotopic (exact) mass is 548 g/mol. The molecule has 2 aromatic heterocycles. The van der Waals surface area contributed by atoms with Gasteiger partial charge in [0.15, 0.2) is 0 Å². The van der Waals surface area contributed by atoms with E-state index >= 15 is 0 Å². The summed E-state index contributed by atoms with van der Waals surface area (Å²) in [4.78, 5) is 26.7. The number of nitrogens with two attached hydrogens (primary N) is 2. The first kappa shape index (κ1) is 28.3. The molecule has 13 heteroatoms. The van der Waals surface area contributed by atoms with Crippen LogP contribution in [0.1, 0.15) is 54.4 Å². The maximum atomic E-state index is 13.9. The number of benzene rings is 1. The molecular formula is C26H32F4N8O. The molecule has 0 unspecified atom stereocenters. The van der Waals surface area contributed by atoms with E-state index in [1.807, 2.05) is 9.47 Å². The number of carbonyl (C=O) groups is 1. The van der Waals surface area contributed by atoms with Gasteiger partial charge in [-0.25, -0.2) is 19.3 Å². The van der Waals surface area contributed by atoms with Gasteiger partial charge in [0.1, 0.15) is 35.2 Å². The largest absolute Gasteiger partial charge is 0.419 e. The molecular weight excluding hydrogens is 516 g/mol. The van der Waals surface area contributed by atoms with E-state index in [0.29, 0.717) is 56.5 Å². The molecule has 4 rings (SSSR count). The number of primary amides is 1. The standard InChI is InChI=1S/C26H32F4N8O/c1-15(2)12-33-7-10-38-13-20(17-3-4-19(27)18(11-17)26(28,29)30)36-24(38)16-5-8-37(9-6-16)25-21(23(32)39)22(31)34-14-35-25/h3-4,11,13-16,33H,5-10,12H2,1-2H3,(H2,32,39)(H2,31,34,35). The summed E-state index contributed by atoms with van der Waals surface area (Å²) in [5.74, 6) is -0.436. The van der Waals surface area contributed by atoms with Crippen molar-refractivity contribution >= 4 is 17.5 Å². The van der Waals surface area contributed by atoms with Crippen molar-refractivity contribution in [2.24, 2.45) is 11.7 Å². The molecule has 9 nitrogen and oxygen atoms in total. The zero-order chi connectivity index (χ0) is 28.3. The molecule has 0 atom stereocenters. The number of amides is 1. The van der Waals surface area contributed by atoms with Gasteiger partial charge in [0.05, 0.1) is 11.3 Å². The van der Waals surface area contributed by atoms with E-state index < -0.39 is 23.5 Å². The third kappa shape index (κ3) is 6.47. The van der Waals surface area contributed by atoms with E-state index in [-0.39, 0.29) is 22.9 Å². The number of imidazole rings is 1. The van der Waals surface area contributed by atoms with Gasteiger partial charge in [-0.05, 0) is 43.5 Å². The fourth-order valence-corrected chi connectivity index (χ4v) is 4.78. The highest BCUT2D eigenvalue weighted by Crippen LogP contribution is 2.36. The number of nitrogens with zero attached hydrogens (tertiary/aromatic N) is 5. The van der Waals surface area contributed by atoms with Crippen LogP contribution in [0.2, 0.25) is 0 Å². The van der Waals surface area contributed by atoms with Gasteiger partial charge < -0.3 is 26.3 Å². The molecule has 5 N–H and O–H groups in total. The van der Waals surface area contributed by atoms with Crippen LogP contribution in [0.25, 0.3) is 11.3 Å². The van der Waals surface area contributed by atoms with Crippen LogP contribution in [0, 0.1) is 11.7 Å². The van der Waals surface area contributed by atoms with E-state index in [0.717, 1.165) is 24.5 Å². The summed E-state index contributed by atoms with van der Waals surface area (Å²) in [7, 11) is 0. The molecule has 210 valence electrons. The highest BCUT2D eigenvalue weighted by molar-refractivity contribution is 6.01. The second-order valence-corrected chi connectivity index (χ2v) is 10.1. The van der Waals surface area contributed by atoms with E-state index in [2.05, 4.69) is 29.1 Å². The number of hydrogen-bond donors (Lipinski definition) is 3. The number of carbonyl (C=O) groups excluding carboxylic acids is 1. The number of aromatic nitrogens is 4. The minimum atomic E-state index is -4.81. The van der Waals surface area contributed by atoms with Crippen LogP contribution in [-0.2, 0) is 12.7 Å². The average Bonchev–Trinajstić information content (AvgIpc) is 3.30. The Labute approximate surface area is 223 Å². The Morgan fingerprint density at radius 1 is 1.21 bits per heavy atom. The molecule has 0 radical (unpaired) electrons. The summed E-state index contributed by atoms with van der Waals surface area (Å²) in [5.41, 5.74) is 10.7. The molecule has 1 amide bonds. The maximum Gasteiger partial charge on any atom is 0.419 e. The van der Waals surface area contributed by atoms with Crippen molar-refractivity contribution in [3.05, 3.63) is 53.5 Å². The van der Waals surface area contributed by atoms with E-state index in [9.17, 15) is 22.4 Å². The van der Waals surface area contributed by atoms with Gasteiger partial charge in [0, 0.05) is 43.9 Å². The summed E-state index contributed by atoms with van der Waals surface area (Å²) in [5, 5.41) is 3.37. The fourth-order valence-electron chi connectivity index (χ4n) is 4.78. The van der Waals surface area contributed by atoms with Gasteiger partial charge in [-0.1, -0.05) is 13.8 Å². The zero-order valence-corrected chi connectivity index (χ0v) is 21.8. The molecule has 0 spiro atoms. The summed E-state index contributed by atoms with van der Waals surface area (Å²) >= 11 is 0. The number of nitrogen functional groups attached to an aromatic ring is 1. The van der Waals surface area contributed by atoms with Crippen LogP contribution in [0.15, 0.2) is 30.7 Å². The lowest BCUT2D eigenvalue weighted by atomic mass is 9.95. The van der Waals surface area contributed by atoms with Crippen LogP contribution >= 0.6 is 0 Å². The molecule has 3 heterocycles. The minimum Gasteiger partial charge on any atom is -0.383 e. The van der Waals surface area contributed by atoms with Gasteiger partial charge in [0.25, 0.3) is 5.91 Å². The van der Waals surface area contributed by atoms with Crippen molar-refractivity contribution in [3.63, 3.8) is 0 Å². The van der Waals surface area contributed by atoms with Crippen LogP contribution in [0.4, 0.5) is 29.2 Å². The Bertz CT molecular complexity index is 1320. The Hall–Kier alpha value is -3.74. The number of anilines is 2. The summed E-state index contributed by atoms with van der Waals surface area (Å²) in [6.07, 6.45) is -0.510. The lowest BCUT2D eigenvalue weighted by Gasteiger charge is -2.33. The minimum absolute atomic E-state index is 0.00107. The van der Waals surface area contributed by atoms with Crippen molar-refractivity contribution in [2.75, 3.05) is 36.8 Å². The number of rotatable bonds is 9. The van der Waals surface area contributed by atoms with E-state index in [1.54, 1.807) is 6.20 Å². The predicted molar refractivity (Wildman–Crippen MR) is 139 cm³/mol. The Kier molecular flexibility index (Phi) is 8.38. The third-order valence-corrected chi connectivity index (χ3v) is 6.72. The van der Waals surface area contributed by atoms with Gasteiger partial charge in [-0.3, -0.25) is 4.79 Å². The SMILES string of the molecule is CC(C)CNCCn1cc(-c2ccc(F)c(C(F)(F)F)c2)nc1C1CCN(c2ncnc(N)c2C(N)=O)CC1. The van der Waals surface area contributed by atoms with Crippen molar-refractivity contribution < 1.29 is 22.4 Å².